The quantitative estimate of drug-likeness (QED) is 0.239. The van der Waals surface area contributed by atoms with Crippen LogP contribution < -0.4 is 0 Å². The van der Waals surface area contributed by atoms with Gasteiger partial charge in [0.05, 0.1) is 12.0 Å². The summed E-state index contributed by atoms with van der Waals surface area (Å²) >= 11 is 0. The van der Waals surface area contributed by atoms with E-state index >= 15 is 0 Å². The Morgan fingerprint density at radius 1 is 0.861 bits per heavy atom. The molecular formula is C31H49NO3Si. The fourth-order valence-corrected chi connectivity index (χ4v) is 5.85. The molecule has 0 unspecified atom stereocenters. The highest BCUT2D eigenvalue weighted by atomic mass is 28.4. The number of benzene rings is 2. The van der Waals surface area contributed by atoms with E-state index in [-0.39, 0.29) is 35.1 Å². The van der Waals surface area contributed by atoms with E-state index in [2.05, 4.69) is 101 Å². The van der Waals surface area contributed by atoms with E-state index in [0.29, 0.717) is 6.54 Å². The van der Waals surface area contributed by atoms with Gasteiger partial charge in [-0.25, -0.2) is 0 Å². The minimum atomic E-state index is -2.09. The lowest BCUT2D eigenvalue weighted by Crippen LogP contribution is -2.55. The van der Waals surface area contributed by atoms with Gasteiger partial charge in [0.15, 0.2) is 8.32 Å². The maximum absolute atomic E-state index is 13.5. The van der Waals surface area contributed by atoms with E-state index in [4.69, 9.17) is 9.16 Å². The SMILES string of the molecule is C[C@H](O[Si](C)(C)C(C)(C)C)[C@H]([C@@H](C)C(=O)OC(C)(C)C)N(Cc1ccccc1)[C@H](C)c1ccccc1. The second-order valence-corrected chi connectivity index (χ2v) is 17.4. The summed E-state index contributed by atoms with van der Waals surface area (Å²) in [5, 5.41) is 0.0657. The molecule has 0 amide bonds. The summed E-state index contributed by atoms with van der Waals surface area (Å²) in [6.45, 7) is 24.2. The predicted octanol–water partition coefficient (Wildman–Crippen LogP) is 8.01. The molecule has 0 heterocycles. The molecule has 0 aliphatic carbocycles. The molecule has 36 heavy (non-hydrogen) atoms. The number of carbonyl (C=O) groups excluding carboxylic acids is 1. The van der Waals surface area contributed by atoms with E-state index in [0.717, 1.165) is 0 Å². The molecule has 4 atom stereocenters. The van der Waals surface area contributed by atoms with Crippen molar-refractivity contribution >= 4 is 14.3 Å². The standard InChI is InChI=1S/C31H49NO3Si/c1-23(29(33)34-30(4,5)6)28(25(3)35-36(10,11)31(7,8)9)32(22-26-18-14-12-15-19-26)24(2)27-20-16-13-17-21-27/h12-21,23-25,28H,22H2,1-11H3/t23-,24-,25+,28+/m1/s1. The van der Waals surface area contributed by atoms with Crippen molar-refractivity contribution in [2.24, 2.45) is 5.92 Å². The van der Waals surface area contributed by atoms with Crippen molar-refractivity contribution < 1.29 is 14.0 Å². The van der Waals surface area contributed by atoms with Crippen LogP contribution in [0.15, 0.2) is 60.7 Å². The number of carbonyl (C=O) groups is 1. The zero-order valence-electron chi connectivity index (χ0n) is 24.5. The van der Waals surface area contributed by atoms with Crippen LogP contribution in [0.4, 0.5) is 0 Å². The Kier molecular flexibility index (Phi) is 10.1. The predicted molar refractivity (Wildman–Crippen MR) is 153 cm³/mol. The Labute approximate surface area is 221 Å². The molecule has 0 aromatic heterocycles. The van der Waals surface area contributed by atoms with E-state index < -0.39 is 13.9 Å². The molecule has 0 radical (unpaired) electrons. The fourth-order valence-electron chi connectivity index (χ4n) is 4.43. The van der Waals surface area contributed by atoms with Crippen molar-refractivity contribution in [3.63, 3.8) is 0 Å². The molecule has 2 aromatic carbocycles. The minimum absolute atomic E-state index is 0.0657. The number of hydrogen-bond acceptors (Lipinski definition) is 4. The van der Waals surface area contributed by atoms with Crippen molar-refractivity contribution in [2.45, 2.75) is 111 Å². The third-order valence-electron chi connectivity index (χ3n) is 7.43. The van der Waals surface area contributed by atoms with Gasteiger partial charge in [0, 0.05) is 18.6 Å². The highest BCUT2D eigenvalue weighted by Gasteiger charge is 2.44. The van der Waals surface area contributed by atoms with Gasteiger partial charge in [-0.05, 0) is 63.9 Å². The molecule has 200 valence electrons. The molecule has 5 heteroatoms. The van der Waals surface area contributed by atoms with Crippen molar-refractivity contribution in [3.05, 3.63) is 71.8 Å². The van der Waals surface area contributed by atoms with Gasteiger partial charge in [-0.1, -0.05) is 88.4 Å². The third-order valence-corrected chi connectivity index (χ3v) is 12.0. The molecule has 0 saturated carbocycles. The summed E-state index contributed by atoms with van der Waals surface area (Å²) in [6.07, 6.45) is -0.164. The molecule has 0 bridgehead atoms. The van der Waals surface area contributed by atoms with Crippen LogP contribution in [0.1, 0.15) is 79.5 Å². The van der Waals surface area contributed by atoms with Gasteiger partial charge in [0.1, 0.15) is 5.60 Å². The second-order valence-electron chi connectivity index (χ2n) is 12.6. The average molecular weight is 512 g/mol. The largest absolute Gasteiger partial charge is 0.460 e. The fraction of sp³-hybridized carbons (Fsp3) is 0.581. The van der Waals surface area contributed by atoms with E-state index in [1.807, 2.05) is 39.8 Å². The van der Waals surface area contributed by atoms with Gasteiger partial charge >= 0.3 is 5.97 Å². The zero-order valence-corrected chi connectivity index (χ0v) is 25.5. The van der Waals surface area contributed by atoms with Gasteiger partial charge in [-0.3, -0.25) is 9.69 Å². The van der Waals surface area contributed by atoms with Crippen LogP contribution in [0.5, 0.6) is 0 Å². The molecule has 0 aliphatic heterocycles. The number of nitrogens with zero attached hydrogens (tertiary/aromatic N) is 1. The van der Waals surface area contributed by atoms with Crippen LogP contribution >= 0.6 is 0 Å². The third kappa shape index (κ3) is 8.29. The molecule has 0 aliphatic rings. The van der Waals surface area contributed by atoms with Gasteiger partial charge in [-0.2, -0.15) is 0 Å². The second kappa shape index (κ2) is 12.1. The number of esters is 1. The summed E-state index contributed by atoms with van der Waals surface area (Å²) < 4.78 is 12.9. The van der Waals surface area contributed by atoms with Gasteiger partial charge in [0.25, 0.3) is 0 Å². The van der Waals surface area contributed by atoms with Crippen LogP contribution in [-0.4, -0.2) is 36.9 Å². The summed E-state index contributed by atoms with van der Waals surface area (Å²) in [7, 11) is -2.09. The van der Waals surface area contributed by atoms with Crippen LogP contribution in [0.25, 0.3) is 0 Å². The smallest absolute Gasteiger partial charge is 0.310 e. The Bertz CT molecular complexity index is 947. The van der Waals surface area contributed by atoms with E-state index in [9.17, 15) is 4.79 Å². The summed E-state index contributed by atoms with van der Waals surface area (Å²) in [6, 6.07) is 20.9. The zero-order chi connectivity index (χ0) is 27.3. The van der Waals surface area contributed by atoms with Crippen molar-refractivity contribution in [1.29, 1.82) is 0 Å². The van der Waals surface area contributed by atoms with Crippen molar-refractivity contribution in [2.75, 3.05) is 0 Å². The summed E-state index contributed by atoms with van der Waals surface area (Å²) in [5.74, 6) is -0.560. The lowest BCUT2D eigenvalue weighted by atomic mass is 9.92. The van der Waals surface area contributed by atoms with Crippen molar-refractivity contribution in [1.82, 2.24) is 4.90 Å². The first-order valence-electron chi connectivity index (χ1n) is 13.3. The maximum atomic E-state index is 13.5. The topological polar surface area (TPSA) is 38.8 Å². The number of rotatable bonds is 10. The lowest BCUT2D eigenvalue weighted by Gasteiger charge is -2.46. The van der Waals surface area contributed by atoms with Gasteiger partial charge in [0.2, 0.25) is 0 Å². The molecule has 0 N–H and O–H groups in total. The Hall–Kier alpha value is -1.95. The first-order valence-corrected chi connectivity index (χ1v) is 16.2. The maximum Gasteiger partial charge on any atom is 0.310 e. The Balaban J connectivity index is 2.58. The van der Waals surface area contributed by atoms with Crippen LogP contribution in [0.2, 0.25) is 18.1 Å². The molecular weight excluding hydrogens is 462 g/mol. The van der Waals surface area contributed by atoms with Crippen LogP contribution in [0, 0.1) is 5.92 Å². The van der Waals surface area contributed by atoms with Crippen LogP contribution in [0.3, 0.4) is 0 Å². The molecule has 2 aromatic rings. The average Bonchev–Trinajstić information content (AvgIpc) is 2.77. The van der Waals surface area contributed by atoms with Gasteiger partial charge in [-0.15, -0.1) is 0 Å². The van der Waals surface area contributed by atoms with Gasteiger partial charge < -0.3 is 9.16 Å². The lowest BCUT2D eigenvalue weighted by molar-refractivity contribution is -0.164. The highest BCUT2D eigenvalue weighted by Crippen LogP contribution is 2.39. The number of hydrogen-bond donors (Lipinski definition) is 0. The first kappa shape index (κ1) is 30.3. The highest BCUT2D eigenvalue weighted by molar-refractivity contribution is 6.74. The van der Waals surface area contributed by atoms with E-state index in [1.165, 1.54) is 11.1 Å². The van der Waals surface area contributed by atoms with Crippen molar-refractivity contribution in [3.8, 4) is 0 Å². The first-order chi connectivity index (χ1) is 16.5. The monoisotopic (exact) mass is 511 g/mol. The molecule has 2 rings (SSSR count). The minimum Gasteiger partial charge on any atom is -0.460 e. The molecule has 0 spiro atoms. The molecule has 0 saturated heterocycles. The molecule has 4 nitrogen and oxygen atoms in total. The Morgan fingerprint density at radius 2 is 1.36 bits per heavy atom. The Morgan fingerprint density at radius 3 is 1.83 bits per heavy atom. The molecule has 0 fully saturated rings. The van der Waals surface area contributed by atoms with E-state index in [1.54, 1.807) is 0 Å². The summed E-state index contributed by atoms with van der Waals surface area (Å²) in [4.78, 5) is 15.9. The van der Waals surface area contributed by atoms with Crippen LogP contribution in [-0.2, 0) is 20.5 Å². The normalized spacial score (nSPS) is 16.3. The summed E-state index contributed by atoms with van der Waals surface area (Å²) in [5.41, 5.74) is 1.88. The number of ether oxygens (including phenoxy) is 1.